The second-order valence-corrected chi connectivity index (χ2v) is 7.44. The van der Waals surface area contributed by atoms with Crippen LogP contribution < -0.4 is 14.8 Å². The molecule has 4 rings (SSSR count). The minimum absolute atomic E-state index is 0.167. The summed E-state index contributed by atoms with van der Waals surface area (Å²) in [6.45, 7) is 0. The van der Waals surface area contributed by atoms with Crippen molar-refractivity contribution < 1.29 is 24.5 Å². The van der Waals surface area contributed by atoms with E-state index in [1.54, 1.807) is 37.6 Å². The second-order valence-electron chi connectivity index (χ2n) is 7.44. The van der Waals surface area contributed by atoms with E-state index in [0.29, 0.717) is 17.9 Å². The summed E-state index contributed by atoms with van der Waals surface area (Å²) in [5, 5.41) is 23.7. The molecular weight excluding hydrogens is 396 g/mol. The molecule has 0 saturated heterocycles. The average Bonchev–Trinajstić information content (AvgIpc) is 3.08. The fourth-order valence-corrected chi connectivity index (χ4v) is 3.88. The summed E-state index contributed by atoms with van der Waals surface area (Å²) in [5.41, 5.74) is 1.14. The maximum atomic E-state index is 13.1. The summed E-state index contributed by atoms with van der Waals surface area (Å²) in [4.78, 5) is 17.3. The van der Waals surface area contributed by atoms with Gasteiger partial charge in [0.2, 0.25) is 5.88 Å². The molecule has 0 aliphatic heterocycles. The first-order chi connectivity index (χ1) is 15.1. The summed E-state index contributed by atoms with van der Waals surface area (Å²) in [6.07, 6.45) is -0.153. The van der Waals surface area contributed by atoms with Crippen molar-refractivity contribution in [1.29, 1.82) is 0 Å². The monoisotopic (exact) mass is 420 g/mol. The van der Waals surface area contributed by atoms with Gasteiger partial charge < -0.3 is 25.0 Å². The SMILES string of the molecule is COc1ccc([C@H]2C[C@@H](O)[C@@H](O)[C@@H]2NC(=O)c2cccnc2Oc2ccccc2)cc1. The molecule has 1 aromatic heterocycles. The van der Waals surface area contributed by atoms with Crippen LogP contribution in [0.1, 0.15) is 28.3 Å². The standard InChI is InChI=1S/C24H24N2O5/c1-30-16-11-9-15(10-12-16)19-14-20(27)22(28)21(19)26-23(29)18-8-5-13-25-24(18)31-17-6-3-2-4-7-17/h2-13,19-22,27-28H,14H2,1H3,(H,26,29)/t19-,20-,21-,22-/m1/s1. The largest absolute Gasteiger partial charge is 0.497 e. The molecule has 1 aliphatic carbocycles. The Hall–Kier alpha value is -3.42. The van der Waals surface area contributed by atoms with Crippen LogP contribution in [0, 0.1) is 0 Å². The van der Waals surface area contributed by atoms with Gasteiger partial charge in [0.05, 0.1) is 19.3 Å². The van der Waals surface area contributed by atoms with E-state index < -0.39 is 24.2 Å². The first-order valence-corrected chi connectivity index (χ1v) is 10.1. The number of aliphatic hydroxyl groups is 2. The predicted octanol–water partition coefficient (Wildman–Crippen LogP) is 2.89. The number of hydrogen-bond acceptors (Lipinski definition) is 6. The molecule has 31 heavy (non-hydrogen) atoms. The van der Waals surface area contributed by atoms with Gasteiger partial charge in [-0.15, -0.1) is 0 Å². The number of ether oxygens (including phenoxy) is 2. The normalized spacial score (nSPS) is 22.7. The van der Waals surface area contributed by atoms with Crippen molar-refractivity contribution in [1.82, 2.24) is 10.3 Å². The van der Waals surface area contributed by atoms with Crippen molar-refractivity contribution in [2.45, 2.75) is 30.6 Å². The van der Waals surface area contributed by atoms with Crippen molar-refractivity contribution in [3.8, 4) is 17.4 Å². The van der Waals surface area contributed by atoms with Gasteiger partial charge in [0, 0.05) is 12.1 Å². The minimum atomic E-state index is -1.09. The first kappa shape index (κ1) is 20.8. The number of rotatable bonds is 6. The van der Waals surface area contributed by atoms with Gasteiger partial charge in [0.25, 0.3) is 5.91 Å². The van der Waals surface area contributed by atoms with Crippen LogP contribution >= 0.6 is 0 Å². The van der Waals surface area contributed by atoms with Crippen molar-refractivity contribution in [2.24, 2.45) is 0 Å². The summed E-state index contributed by atoms with van der Waals surface area (Å²) < 4.78 is 11.0. The number of hydrogen-bond donors (Lipinski definition) is 3. The topological polar surface area (TPSA) is 101 Å². The number of benzene rings is 2. The summed E-state index contributed by atoms with van der Waals surface area (Å²) in [5.74, 6) is 0.745. The molecule has 0 spiro atoms. The molecule has 4 atom stereocenters. The summed E-state index contributed by atoms with van der Waals surface area (Å²) >= 11 is 0. The number of nitrogens with one attached hydrogen (secondary N) is 1. The van der Waals surface area contributed by atoms with E-state index >= 15 is 0 Å². The molecule has 3 aromatic rings. The zero-order valence-corrected chi connectivity index (χ0v) is 17.0. The van der Waals surface area contributed by atoms with Gasteiger partial charge >= 0.3 is 0 Å². The lowest BCUT2D eigenvalue weighted by Crippen LogP contribution is -2.45. The molecule has 0 unspecified atom stereocenters. The molecule has 1 heterocycles. The molecule has 7 nitrogen and oxygen atoms in total. The van der Waals surface area contributed by atoms with Gasteiger partial charge in [-0.3, -0.25) is 4.79 Å². The Morgan fingerprint density at radius 1 is 1.00 bits per heavy atom. The summed E-state index contributed by atoms with van der Waals surface area (Å²) in [6, 6.07) is 19.0. The maximum absolute atomic E-state index is 13.1. The number of amides is 1. The fraction of sp³-hybridized carbons (Fsp3) is 0.250. The van der Waals surface area contributed by atoms with Crippen molar-refractivity contribution >= 4 is 5.91 Å². The van der Waals surface area contributed by atoms with Crippen LogP contribution in [0.4, 0.5) is 0 Å². The zero-order valence-electron chi connectivity index (χ0n) is 17.0. The van der Waals surface area contributed by atoms with E-state index in [2.05, 4.69) is 10.3 Å². The lowest BCUT2D eigenvalue weighted by molar-refractivity contribution is 0.0294. The zero-order chi connectivity index (χ0) is 21.8. The number of aromatic nitrogens is 1. The van der Waals surface area contributed by atoms with Gasteiger partial charge in [-0.1, -0.05) is 30.3 Å². The van der Waals surface area contributed by atoms with Gasteiger partial charge in [-0.05, 0) is 48.4 Å². The highest BCUT2D eigenvalue weighted by molar-refractivity contribution is 5.96. The highest BCUT2D eigenvalue weighted by Gasteiger charge is 2.43. The van der Waals surface area contributed by atoms with Gasteiger partial charge in [0.1, 0.15) is 23.2 Å². The Labute approximate surface area is 180 Å². The van der Waals surface area contributed by atoms with E-state index in [4.69, 9.17) is 9.47 Å². The van der Waals surface area contributed by atoms with Crippen LogP contribution in [0.5, 0.6) is 17.4 Å². The highest BCUT2D eigenvalue weighted by atomic mass is 16.5. The Morgan fingerprint density at radius 2 is 1.74 bits per heavy atom. The van der Waals surface area contributed by atoms with E-state index in [-0.39, 0.29) is 17.4 Å². The van der Waals surface area contributed by atoms with E-state index in [1.807, 2.05) is 42.5 Å². The van der Waals surface area contributed by atoms with Crippen LogP contribution in [-0.4, -0.2) is 46.5 Å². The highest BCUT2D eigenvalue weighted by Crippen LogP contribution is 2.36. The number of carbonyl (C=O) groups excluding carboxylic acids is 1. The third-order valence-corrected chi connectivity index (χ3v) is 5.51. The molecule has 2 aromatic carbocycles. The quantitative estimate of drug-likeness (QED) is 0.567. The lowest BCUT2D eigenvalue weighted by Gasteiger charge is -2.24. The average molecular weight is 420 g/mol. The smallest absolute Gasteiger partial charge is 0.257 e. The van der Waals surface area contributed by atoms with E-state index in [0.717, 1.165) is 5.56 Å². The van der Waals surface area contributed by atoms with Crippen LogP contribution in [0.15, 0.2) is 72.9 Å². The molecule has 7 heteroatoms. The molecule has 1 amide bonds. The van der Waals surface area contributed by atoms with Crippen molar-refractivity contribution in [3.05, 3.63) is 84.1 Å². The molecule has 3 N–H and O–H groups in total. The second kappa shape index (κ2) is 9.16. The Kier molecular flexibility index (Phi) is 6.16. The van der Waals surface area contributed by atoms with Crippen molar-refractivity contribution in [3.63, 3.8) is 0 Å². The lowest BCUT2D eigenvalue weighted by atomic mass is 9.93. The maximum Gasteiger partial charge on any atom is 0.257 e. The van der Waals surface area contributed by atoms with Gasteiger partial charge in [-0.2, -0.15) is 0 Å². The number of carbonyl (C=O) groups is 1. The van der Waals surface area contributed by atoms with E-state index in [1.165, 1.54) is 0 Å². The number of pyridine rings is 1. The molecule has 0 bridgehead atoms. The number of methoxy groups -OCH3 is 1. The van der Waals surface area contributed by atoms with Gasteiger partial charge in [0.15, 0.2) is 0 Å². The van der Waals surface area contributed by atoms with Crippen LogP contribution in [-0.2, 0) is 0 Å². The molecule has 1 aliphatic rings. The molecule has 160 valence electrons. The van der Waals surface area contributed by atoms with Crippen molar-refractivity contribution in [2.75, 3.05) is 7.11 Å². The third-order valence-electron chi connectivity index (χ3n) is 5.51. The molecule has 1 saturated carbocycles. The number of nitrogens with zero attached hydrogens (tertiary/aromatic N) is 1. The van der Waals surface area contributed by atoms with Gasteiger partial charge in [-0.25, -0.2) is 4.98 Å². The first-order valence-electron chi connectivity index (χ1n) is 10.1. The Balaban J connectivity index is 1.56. The Bertz CT molecular complexity index is 1030. The van der Waals surface area contributed by atoms with Crippen LogP contribution in [0.2, 0.25) is 0 Å². The Morgan fingerprint density at radius 3 is 2.45 bits per heavy atom. The third kappa shape index (κ3) is 4.52. The van der Waals surface area contributed by atoms with Crippen LogP contribution in [0.3, 0.4) is 0 Å². The fourth-order valence-electron chi connectivity index (χ4n) is 3.88. The number of aliphatic hydroxyl groups excluding tert-OH is 2. The summed E-state index contributed by atoms with van der Waals surface area (Å²) in [7, 11) is 1.59. The molecular formula is C24H24N2O5. The van der Waals surface area contributed by atoms with E-state index in [9.17, 15) is 15.0 Å². The number of para-hydroxylation sites is 1. The predicted molar refractivity (Wildman–Crippen MR) is 114 cm³/mol. The molecule has 0 radical (unpaired) electrons. The minimum Gasteiger partial charge on any atom is -0.497 e. The molecule has 1 fully saturated rings. The van der Waals surface area contributed by atoms with Crippen LogP contribution in [0.25, 0.3) is 0 Å².